The van der Waals surface area contributed by atoms with Crippen LogP contribution in [0.2, 0.25) is 0 Å². The highest BCUT2D eigenvalue weighted by Gasteiger charge is 2.27. The van der Waals surface area contributed by atoms with Gasteiger partial charge in [0.2, 0.25) is 0 Å². The third kappa shape index (κ3) is 4.66. The number of guanidine groups is 1. The number of rotatable bonds is 5. The number of nitrogens with zero attached hydrogens (tertiary/aromatic N) is 2. The summed E-state index contributed by atoms with van der Waals surface area (Å²) in [7, 11) is 2.00. The van der Waals surface area contributed by atoms with Crippen LogP contribution in [0.4, 0.5) is 0 Å². The zero-order valence-electron chi connectivity index (χ0n) is 13.6. The summed E-state index contributed by atoms with van der Waals surface area (Å²) in [4.78, 5) is 6.42. The predicted molar refractivity (Wildman–Crippen MR) is 87.9 cm³/mol. The fraction of sp³-hybridized carbons (Fsp3) is 0.588. The summed E-state index contributed by atoms with van der Waals surface area (Å²) >= 11 is 0. The van der Waals surface area contributed by atoms with Crippen molar-refractivity contribution in [2.75, 3.05) is 20.2 Å². The Morgan fingerprint density at radius 1 is 1.38 bits per heavy atom. The highest BCUT2D eigenvalue weighted by Crippen LogP contribution is 2.26. The second-order valence-corrected chi connectivity index (χ2v) is 6.71. The molecule has 0 bridgehead atoms. The summed E-state index contributed by atoms with van der Waals surface area (Å²) in [5.41, 5.74) is 7.35. The predicted octanol–water partition coefficient (Wildman–Crippen LogP) is 2.77. The lowest BCUT2D eigenvalue weighted by molar-refractivity contribution is 0.326. The van der Waals surface area contributed by atoms with Crippen LogP contribution in [-0.4, -0.2) is 37.1 Å². The largest absolute Gasteiger partial charge is 0.492 e. The molecule has 0 amide bonds. The molecular formula is C17H27N3O. The van der Waals surface area contributed by atoms with Gasteiger partial charge in [-0.25, -0.2) is 4.99 Å². The van der Waals surface area contributed by atoms with Crippen LogP contribution in [0.25, 0.3) is 0 Å². The first-order valence-corrected chi connectivity index (χ1v) is 7.64. The highest BCUT2D eigenvalue weighted by molar-refractivity contribution is 5.78. The van der Waals surface area contributed by atoms with Gasteiger partial charge in [0.25, 0.3) is 0 Å². The summed E-state index contributed by atoms with van der Waals surface area (Å²) in [6.45, 7) is 7.73. The molecule has 2 rings (SSSR count). The first kappa shape index (κ1) is 15.7. The van der Waals surface area contributed by atoms with Crippen LogP contribution < -0.4 is 10.5 Å². The molecule has 0 spiro atoms. The maximum atomic E-state index is 5.94. The summed E-state index contributed by atoms with van der Waals surface area (Å²) in [5, 5.41) is 0. The van der Waals surface area contributed by atoms with Crippen molar-refractivity contribution in [1.82, 2.24) is 4.90 Å². The molecule has 0 aromatic heterocycles. The minimum atomic E-state index is 0.134. The van der Waals surface area contributed by atoms with E-state index in [1.54, 1.807) is 0 Å². The molecule has 1 aliphatic rings. The third-order valence-corrected chi connectivity index (χ3v) is 3.79. The molecule has 0 heterocycles. The topological polar surface area (TPSA) is 50.8 Å². The summed E-state index contributed by atoms with van der Waals surface area (Å²) < 4.78 is 5.77. The zero-order valence-corrected chi connectivity index (χ0v) is 13.6. The minimum Gasteiger partial charge on any atom is -0.492 e. The van der Waals surface area contributed by atoms with Gasteiger partial charge in [-0.05, 0) is 36.0 Å². The molecule has 1 fully saturated rings. The van der Waals surface area contributed by atoms with Gasteiger partial charge in [0.1, 0.15) is 12.4 Å². The smallest absolute Gasteiger partial charge is 0.191 e. The Hall–Kier alpha value is -1.71. The van der Waals surface area contributed by atoms with Gasteiger partial charge in [-0.2, -0.15) is 0 Å². The zero-order chi connectivity index (χ0) is 15.5. The van der Waals surface area contributed by atoms with E-state index in [-0.39, 0.29) is 5.41 Å². The highest BCUT2D eigenvalue weighted by atomic mass is 16.5. The molecule has 4 nitrogen and oxygen atoms in total. The third-order valence-electron chi connectivity index (χ3n) is 3.79. The molecule has 1 aromatic rings. The van der Waals surface area contributed by atoms with Crippen LogP contribution in [0.15, 0.2) is 29.3 Å². The lowest BCUT2D eigenvalue weighted by Gasteiger charge is -2.19. The van der Waals surface area contributed by atoms with Crippen molar-refractivity contribution >= 4 is 5.96 Å². The summed E-state index contributed by atoms with van der Waals surface area (Å²) in [5.74, 6) is 1.51. The van der Waals surface area contributed by atoms with E-state index in [1.807, 2.05) is 19.2 Å². The Bertz CT molecular complexity index is 501. The number of nitrogens with two attached hydrogens (primary N) is 1. The monoisotopic (exact) mass is 289 g/mol. The number of ether oxygens (including phenoxy) is 1. The fourth-order valence-electron chi connectivity index (χ4n) is 2.14. The molecule has 2 N–H and O–H groups in total. The molecule has 0 saturated heterocycles. The molecule has 0 atom stereocenters. The van der Waals surface area contributed by atoms with Crippen molar-refractivity contribution in [3.8, 4) is 5.75 Å². The van der Waals surface area contributed by atoms with E-state index < -0.39 is 0 Å². The van der Waals surface area contributed by atoms with E-state index in [4.69, 9.17) is 10.5 Å². The summed E-state index contributed by atoms with van der Waals surface area (Å²) in [6.07, 6.45) is 2.45. The number of aliphatic imine (C=N–C) groups is 1. The number of benzene rings is 1. The molecule has 0 unspecified atom stereocenters. The van der Waals surface area contributed by atoms with Crippen molar-refractivity contribution in [3.63, 3.8) is 0 Å². The average Bonchev–Trinajstić information content (AvgIpc) is 3.26. The molecule has 1 aliphatic carbocycles. The van der Waals surface area contributed by atoms with Crippen molar-refractivity contribution in [2.24, 2.45) is 10.7 Å². The van der Waals surface area contributed by atoms with E-state index in [1.165, 1.54) is 18.4 Å². The Morgan fingerprint density at radius 2 is 2.10 bits per heavy atom. The SMILES string of the molecule is CN(C(N)=NCCOc1cccc(C(C)(C)C)c1)C1CC1. The van der Waals surface area contributed by atoms with Gasteiger partial charge in [-0.15, -0.1) is 0 Å². The van der Waals surface area contributed by atoms with Crippen molar-refractivity contribution in [2.45, 2.75) is 45.1 Å². The van der Waals surface area contributed by atoms with Gasteiger partial charge in [0.15, 0.2) is 5.96 Å². The van der Waals surface area contributed by atoms with E-state index in [0.29, 0.717) is 25.2 Å². The first-order chi connectivity index (χ1) is 9.88. The average molecular weight is 289 g/mol. The van der Waals surface area contributed by atoms with Gasteiger partial charge in [0.05, 0.1) is 6.54 Å². The Kier molecular flexibility index (Phi) is 4.76. The second-order valence-electron chi connectivity index (χ2n) is 6.71. The van der Waals surface area contributed by atoms with Crippen LogP contribution in [0, 0.1) is 0 Å². The molecule has 1 saturated carbocycles. The Morgan fingerprint density at radius 3 is 2.71 bits per heavy atom. The number of hydrogen-bond donors (Lipinski definition) is 1. The van der Waals surface area contributed by atoms with Crippen molar-refractivity contribution in [3.05, 3.63) is 29.8 Å². The lowest BCUT2D eigenvalue weighted by atomic mass is 9.87. The van der Waals surface area contributed by atoms with Crippen LogP contribution in [0.1, 0.15) is 39.2 Å². The van der Waals surface area contributed by atoms with Crippen LogP contribution in [0.5, 0.6) is 5.75 Å². The van der Waals surface area contributed by atoms with Gasteiger partial charge in [-0.1, -0.05) is 32.9 Å². The van der Waals surface area contributed by atoms with E-state index in [0.717, 1.165) is 5.75 Å². The maximum Gasteiger partial charge on any atom is 0.191 e. The van der Waals surface area contributed by atoms with E-state index >= 15 is 0 Å². The van der Waals surface area contributed by atoms with E-state index in [2.05, 4.69) is 42.8 Å². The Balaban J connectivity index is 1.82. The lowest BCUT2D eigenvalue weighted by Crippen LogP contribution is -2.36. The van der Waals surface area contributed by atoms with Crippen molar-refractivity contribution in [1.29, 1.82) is 0 Å². The molecule has 21 heavy (non-hydrogen) atoms. The van der Waals surface area contributed by atoms with Gasteiger partial charge in [0, 0.05) is 13.1 Å². The van der Waals surface area contributed by atoms with Gasteiger partial charge >= 0.3 is 0 Å². The van der Waals surface area contributed by atoms with Crippen LogP contribution in [0.3, 0.4) is 0 Å². The van der Waals surface area contributed by atoms with Crippen LogP contribution in [-0.2, 0) is 5.41 Å². The first-order valence-electron chi connectivity index (χ1n) is 7.64. The number of hydrogen-bond acceptors (Lipinski definition) is 2. The maximum absolute atomic E-state index is 5.94. The second kappa shape index (κ2) is 6.37. The molecule has 4 heteroatoms. The molecule has 116 valence electrons. The van der Waals surface area contributed by atoms with E-state index in [9.17, 15) is 0 Å². The minimum absolute atomic E-state index is 0.134. The quantitative estimate of drug-likeness (QED) is 0.515. The van der Waals surface area contributed by atoms with Gasteiger partial charge in [-0.3, -0.25) is 0 Å². The fourth-order valence-corrected chi connectivity index (χ4v) is 2.14. The molecule has 0 aliphatic heterocycles. The van der Waals surface area contributed by atoms with Crippen LogP contribution >= 0.6 is 0 Å². The summed E-state index contributed by atoms with van der Waals surface area (Å²) in [6, 6.07) is 8.85. The standard InChI is InChI=1S/C17H27N3O/c1-17(2,3)13-6-5-7-15(12-13)21-11-10-19-16(18)20(4)14-8-9-14/h5-7,12,14H,8-11H2,1-4H3,(H2,18,19). The van der Waals surface area contributed by atoms with Crippen molar-refractivity contribution < 1.29 is 4.74 Å². The normalized spacial score (nSPS) is 15.9. The molecule has 1 aromatic carbocycles. The molecule has 0 radical (unpaired) electrons. The van der Waals surface area contributed by atoms with Gasteiger partial charge < -0.3 is 15.4 Å². The Labute approximate surface area is 128 Å². The molecular weight excluding hydrogens is 262 g/mol.